The molecule has 0 amide bonds. The maximum atomic E-state index is 6.60. The van der Waals surface area contributed by atoms with Crippen molar-refractivity contribution in [3.05, 3.63) is 211 Å². The van der Waals surface area contributed by atoms with E-state index in [-0.39, 0.29) is 5.41 Å². The van der Waals surface area contributed by atoms with Gasteiger partial charge in [-0.05, 0) is 98.1 Å². The Labute approximate surface area is 375 Å². The lowest BCUT2D eigenvalue weighted by Gasteiger charge is -2.21. The molecule has 5 nitrogen and oxygen atoms in total. The number of furan rings is 2. The standard InChI is InChI=1S/C60H39N3O2/c1-60(2)49-27-8-6-22-45(49)54-42(23-13-28-50(54)60)40-19-10-18-38(33-40)39-31-32-52-48(35-39)55-46(25-14-30-53(55)64-52)58-61-57(41-20-11-17-37(34-41)36-15-4-3-5-16-36)62-59(63-58)47-26-12-24-44-43-21-7-9-29-51(43)65-56(44)47/h3-35H,1-2H3. The van der Waals surface area contributed by atoms with Gasteiger partial charge < -0.3 is 8.83 Å². The van der Waals surface area contributed by atoms with E-state index >= 15 is 0 Å². The maximum Gasteiger partial charge on any atom is 0.167 e. The van der Waals surface area contributed by atoms with Crippen LogP contribution in [0.3, 0.4) is 0 Å². The van der Waals surface area contributed by atoms with E-state index in [1.807, 2.05) is 48.5 Å². The Morgan fingerprint density at radius 1 is 0.338 bits per heavy atom. The third-order valence-electron chi connectivity index (χ3n) is 13.4. The van der Waals surface area contributed by atoms with Gasteiger partial charge in [0.2, 0.25) is 0 Å². The van der Waals surface area contributed by atoms with Crippen LogP contribution in [0.1, 0.15) is 25.0 Å². The Morgan fingerprint density at radius 3 is 1.78 bits per heavy atom. The highest BCUT2D eigenvalue weighted by atomic mass is 16.3. The number of nitrogens with zero attached hydrogens (tertiary/aromatic N) is 3. The molecule has 0 saturated heterocycles. The van der Waals surface area contributed by atoms with Crippen LogP contribution in [-0.4, -0.2) is 15.0 Å². The Kier molecular flexibility index (Phi) is 8.18. The zero-order valence-electron chi connectivity index (χ0n) is 35.7. The first kappa shape index (κ1) is 37.2. The summed E-state index contributed by atoms with van der Waals surface area (Å²) in [4.78, 5) is 15.8. The van der Waals surface area contributed by atoms with Crippen molar-refractivity contribution in [2.24, 2.45) is 0 Å². The van der Waals surface area contributed by atoms with Crippen molar-refractivity contribution in [3.63, 3.8) is 0 Å². The third-order valence-corrected chi connectivity index (χ3v) is 13.4. The van der Waals surface area contributed by atoms with Crippen LogP contribution in [0.15, 0.2) is 209 Å². The molecule has 9 aromatic carbocycles. The first-order valence-corrected chi connectivity index (χ1v) is 22.1. The van der Waals surface area contributed by atoms with Crippen molar-refractivity contribution in [2.45, 2.75) is 19.3 Å². The van der Waals surface area contributed by atoms with Crippen LogP contribution in [0, 0.1) is 0 Å². The number of hydrogen-bond donors (Lipinski definition) is 0. The summed E-state index contributed by atoms with van der Waals surface area (Å²) in [6, 6.07) is 70.2. The minimum atomic E-state index is -0.0718. The van der Waals surface area contributed by atoms with Gasteiger partial charge in [-0.1, -0.05) is 172 Å². The Hall–Kier alpha value is -8.41. The van der Waals surface area contributed by atoms with E-state index in [9.17, 15) is 0 Å². The molecule has 13 rings (SSSR count). The predicted molar refractivity (Wildman–Crippen MR) is 265 cm³/mol. The summed E-state index contributed by atoms with van der Waals surface area (Å²) < 4.78 is 13.1. The van der Waals surface area contributed by atoms with Gasteiger partial charge in [-0.15, -0.1) is 0 Å². The minimum Gasteiger partial charge on any atom is -0.456 e. The van der Waals surface area contributed by atoms with Crippen molar-refractivity contribution >= 4 is 43.9 Å². The quantitative estimate of drug-likeness (QED) is 0.167. The molecule has 0 unspecified atom stereocenters. The van der Waals surface area contributed by atoms with Crippen molar-refractivity contribution in [1.82, 2.24) is 15.0 Å². The molecular weight excluding hydrogens is 795 g/mol. The summed E-state index contributed by atoms with van der Waals surface area (Å²) in [6.45, 7) is 4.67. The van der Waals surface area contributed by atoms with Gasteiger partial charge >= 0.3 is 0 Å². The van der Waals surface area contributed by atoms with Crippen LogP contribution in [0.4, 0.5) is 0 Å². The zero-order valence-corrected chi connectivity index (χ0v) is 35.7. The first-order valence-electron chi connectivity index (χ1n) is 22.1. The SMILES string of the molecule is CC1(C)c2ccccc2-c2c(-c3cccc(-c4ccc5oc6cccc(-c7nc(-c8cccc(-c9ccccc9)c8)nc(-c8cccc9c8oc8ccccc89)n7)c6c5c4)c3)cccc21. The van der Waals surface area contributed by atoms with E-state index in [4.69, 9.17) is 23.8 Å². The van der Waals surface area contributed by atoms with Crippen LogP contribution in [0.5, 0.6) is 0 Å². The molecule has 0 aliphatic heterocycles. The molecule has 1 aliphatic rings. The Bertz CT molecular complexity index is 3880. The second-order valence-corrected chi connectivity index (χ2v) is 17.5. The molecule has 65 heavy (non-hydrogen) atoms. The zero-order chi connectivity index (χ0) is 43.2. The lowest BCUT2D eigenvalue weighted by atomic mass is 9.82. The molecule has 0 N–H and O–H groups in total. The monoisotopic (exact) mass is 833 g/mol. The fourth-order valence-corrected chi connectivity index (χ4v) is 10.2. The van der Waals surface area contributed by atoms with E-state index < -0.39 is 0 Å². The normalized spacial score (nSPS) is 12.9. The maximum absolute atomic E-state index is 6.60. The minimum absolute atomic E-state index is 0.0718. The summed E-state index contributed by atoms with van der Waals surface area (Å²) in [7, 11) is 0. The number of hydrogen-bond acceptors (Lipinski definition) is 5. The van der Waals surface area contributed by atoms with E-state index in [1.165, 1.54) is 33.4 Å². The largest absolute Gasteiger partial charge is 0.456 e. The highest BCUT2D eigenvalue weighted by Crippen LogP contribution is 2.52. The van der Waals surface area contributed by atoms with Gasteiger partial charge in [-0.3, -0.25) is 0 Å². The van der Waals surface area contributed by atoms with Gasteiger partial charge in [0.15, 0.2) is 17.5 Å². The van der Waals surface area contributed by atoms with Crippen LogP contribution in [-0.2, 0) is 5.41 Å². The van der Waals surface area contributed by atoms with E-state index in [0.29, 0.717) is 17.5 Å². The number of aromatic nitrogens is 3. The summed E-state index contributed by atoms with van der Waals surface area (Å²) in [5.74, 6) is 1.64. The topological polar surface area (TPSA) is 65.0 Å². The Balaban J connectivity index is 0.983. The number of rotatable bonds is 6. The third kappa shape index (κ3) is 5.89. The average molecular weight is 834 g/mol. The highest BCUT2D eigenvalue weighted by molar-refractivity contribution is 6.13. The van der Waals surface area contributed by atoms with Crippen LogP contribution >= 0.6 is 0 Å². The molecule has 1 aliphatic carbocycles. The van der Waals surface area contributed by atoms with Gasteiger partial charge in [-0.2, -0.15) is 0 Å². The molecule has 5 heteroatoms. The fourth-order valence-electron chi connectivity index (χ4n) is 10.2. The van der Waals surface area contributed by atoms with Crippen molar-refractivity contribution in [2.75, 3.05) is 0 Å². The van der Waals surface area contributed by atoms with Gasteiger partial charge in [0.1, 0.15) is 22.3 Å². The van der Waals surface area contributed by atoms with Crippen molar-refractivity contribution in [3.8, 4) is 78.7 Å². The molecule has 3 heterocycles. The molecular formula is C60H39N3O2. The Morgan fingerprint density at radius 2 is 0.892 bits per heavy atom. The summed E-state index contributed by atoms with van der Waals surface area (Å²) >= 11 is 0. The first-order chi connectivity index (χ1) is 32.0. The van der Waals surface area contributed by atoms with Gasteiger partial charge in [0.05, 0.1) is 5.56 Å². The second-order valence-electron chi connectivity index (χ2n) is 17.5. The summed E-state index contributed by atoms with van der Waals surface area (Å²) in [6.07, 6.45) is 0. The van der Waals surface area contributed by atoms with E-state index in [0.717, 1.165) is 82.8 Å². The molecule has 0 spiro atoms. The molecule has 0 fully saturated rings. The lowest BCUT2D eigenvalue weighted by Crippen LogP contribution is -2.14. The number of para-hydroxylation sites is 2. The van der Waals surface area contributed by atoms with Crippen LogP contribution < -0.4 is 0 Å². The van der Waals surface area contributed by atoms with Crippen LogP contribution in [0.25, 0.3) is 123 Å². The van der Waals surface area contributed by atoms with Crippen molar-refractivity contribution in [1.29, 1.82) is 0 Å². The van der Waals surface area contributed by atoms with E-state index in [2.05, 4.69) is 166 Å². The number of benzene rings is 9. The molecule has 306 valence electrons. The number of fused-ring (bicyclic) bond motifs is 9. The van der Waals surface area contributed by atoms with Gasteiger partial charge in [0.25, 0.3) is 0 Å². The molecule has 3 aromatic heterocycles. The smallest absolute Gasteiger partial charge is 0.167 e. The molecule has 0 bridgehead atoms. The fraction of sp³-hybridized carbons (Fsp3) is 0.0500. The molecule has 12 aromatic rings. The van der Waals surface area contributed by atoms with Gasteiger partial charge in [0, 0.05) is 38.1 Å². The average Bonchev–Trinajstić information content (AvgIpc) is 4.01. The van der Waals surface area contributed by atoms with Crippen LogP contribution in [0.2, 0.25) is 0 Å². The summed E-state index contributed by atoms with van der Waals surface area (Å²) in [5.41, 5.74) is 17.8. The molecule has 0 atom stereocenters. The van der Waals surface area contributed by atoms with E-state index in [1.54, 1.807) is 0 Å². The predicted octanol–water partition coefficient (Wildman–Crippen LogP) is 16.0. The molecule has 0 radical (unpaired) electrons. The van der Waals surface area contributed by atoms with Crippen molar-refractivity contribution < 1.29 is 8.83 Å². The second kappa shape index (κ2) is 14.3. The highest BCUT2D eigenvalue weighted by Gasteiger charge is 2.36. The summed E-state index contributed by atoms with van der Waals surface area (Å²) in [5, 5.41) is 4.00. The van der Waals surface area contributed by atoms with Gasteiger partial charge in [-0.25, -0.2) is 15.0 Å². The lowest BCUT2D eigenvalue weighted by molar-refractivity contribution is 0.660. The molecule has 0 saturated carbocycles.